The van der Waals surface area contributed by atoms with Crippen molar-refractivity contribution in [1.29, 1.82) is 0 Å². The molecule has 2 aromatic rings. The molecule has 3 nitrogen and oxygen atoms in total. The van der Waals surface area contributed by atoms with Crippen LogP contribution in [0, 0.1) is 0 Å². The van der Waals surface area contributed by atoms with Crippen molar-refractivity contribution in [1.82, 2.24) is 14.8 Å². The van der Waals surface area contributed by atoms with E-state index in [0.717, 1.165) is 15.5 Å². The van der Waals surface area contributed by atoms with Gasteiger partial charge in [0.1, 0.15) is 9.76 Å². The molecule has 5 heteroatoms. The normalized spacial score (nSPS) is 10.9. The SMILES string of the molecule is Cn1nc(Br)c2cnc(Cl)cc21. The summed E-state index contributed by atoms with van der Waals surface area (Å²) >= 11 is 9.06. The number of rotatable bonds is 0. The van der Waals surface area contributed by atoms with Crippen LogP contribution in [0.5, 0.6) is 0 Å². The molecule has 0 bridgehead atoms. The van der Waals surface area contributed by atoms with E-state index < -0.39 is 0 Å². The molecule has 0 unspecified atom stereocenters. The lowest BCUT2D eigenvalue weighted by Gasteiger charge is -1.92. The first-order chi connectivity index (χ1) is 5.68. The largest absolute Gasteiger partial charge is 0.267 e. The van der Waals surface area contributed by atoms with Crippen molar-refractivity contribution in [3.05, 3.63) is 22.0 Å². The van der Waals surface area contributed by atoms with Gasteiger partial charge in [-0.2, -0.15) is 5.10 Å². The summed E-state index contributed by atoms with van der Waals surface area (Å²) in [5.41, 5.74) is 0.974. The van der Waals surface area contributed by atoms with Crippen LogP contribution in [0.25, 0.3) is 10.9 Å². The minimum Gasteiger partial charge on any atom is -0.267 e. The maximum Gasteiger partial charge on any atom is 0.137 e. The van der Waals surface area contributed by atoms with Crippen LogP contribution in [0.4, 0.5) is 0 Å². The Morgan fingerprint density at radius 1 is 1.58 bits per heavy atom. The van der Waals surface area contributed by atoms with E-state index in [0.29, 0.717) is 5.15 Å². The number of aromatic nitrogens is 3. The predicted octanol–water partition coefficient (Wildman–Crippen LogP) is 2.38. The van der Waals surface area contributed by atoms with Crippen molar-refractivity contribution in [3.8, 4) is 0 Å². The van der Waals surface area contributed by atoms with Crippen LogP contribution in [0.1, 0.15) is 0 Å². The van der Waals surface area contributed by atoms with Crippen LogP contribution < -0.4 is 0 Å². The van der Waals surface area contributed by atoms with Crippen molar-refractivity contribution in [2.75, 3.05) is 0 Å². The zero-order valence-corrected chi connectivity index (χ0v) is 8.59. The van der Waals surface area contributed by atoms with Crippen LogP contribution in [-0.2, 0) is 7.05 Å². The molecule has 0 saturated carbocycles. The van der Waals surface area contributed by atoms with Crippen molar-refractivity contribution in [3.63, 3.8) is 0 Å². The summed E-state index contributed by atoms with van der Waals surface area (Å²) in [4.78, 5) is 3.96. The average molecular weight is 246 g/mol. The zero-order valence-electron chi connectivity index (χ0n) is 6.25. The molecule has 0 radical (unpaired) electrons. The van der Waals surface area contributed by atoms with E-state index in [1.165, 1.54) is 0 Å². The Kier molecular flexibility index (Phi) is 1.81. The van der Waals surface area contributed by atoms with Crippen molar-refractivity contribution < 1.29 is 0 Å². The number of pyridine rings is 1. The van der Waals surface area contributed by atoms with Crippen LogP contribution in [0.2, 0.25) is 5.15 Å². The van der Waals surface area contributed by atoms with Gasteiger partial charge >= 0.3 is 0 Å². The van der Waals surface area contributed by atoms with E-state index in [1.807, 2.05) is 7.05 Å². The van der Waals surface area contributed by atoms with Crippen molar-refractivity contribution >= 4 is 38.4 Å². The number of nitrogens with zero attached hydrogens (tertiary/aromatic N) is 3. The van der Waals surface area contributed by atoms with Crippen molar-refractivity contribution in [2.45, 2.75) is 0 Å². The van der Waals surface area contributed by atoms with E-state index >= 15 is 0 Å². The molecule has 62 valence electrons. The van der Waals surface area contributed by atoms with Gasteiger partial charge in [0.15, 0.2) is 0 Å². The van der Waals surface area contributed by atoms with Gasteiger partial charge in [-0.25, -0.2) is 4.98 Å². The average Bonchev–Trinajstić information content (AvgIpc) is 2.28. The fraction of sp³-hybridized carbons (Fsp3) is 0.143. The third-order valence-electron chi connectivity index (χ3n) is 1.66. The second-order valence-electron chi connectivity index (χ2n) is 2.44. The van der Waals surface area contributed by atoms with Crippen LogP contribution in [0.3, 0.4) is 0 Å². The minimum absolute atomic E-state index is 0.484. The predicted molar refractivity (Wildman–Crippen MR) is 51.2 cm³/mol. The summed E-state index contributed by atoms with van der Waals surface area (Å²) in [7, 11) is 1.86. The number of halogens is 2. The molecule has 2 aromatic heterocycles. The van der Waals surface area contributed by atoms with Crippen LogP contribution >= 0.6 is 27.5 Å². The minimum atomic E-state index is 0.484. The van der Waals surface area contributed by atoms with Gasteiger partial charge in [-0.3, -0.25) is 4.68 Å². The van der Waals surface area contributed by atoms with E-state index in [9.17, 15) is 0 Å². The second-order valence-corrected chi connectivity index (χ2v) is 3.58. The monoisotopic (exact) mass is 245 g/mol. The van der Waals surface area contributed by atoms with Gasteiger partial charge in [0.2, 0.25) is 0 Å². The maximum absolute atomic E-state index is 5.73. The smallest absolute Gasteiger partial charge is 0.137 e. The molecule has 2 rings (SSSR count). The van der Waals surface area contributed by atoms with E-state index in [4.69, 9.17) is 11.6 Å². The molecule has 0 amide bonds. The molecular formula is C7H5BrClN3. The molecule has 0 aliphatic rings. The van der Waals surface area contributed by atoms with E-state index in [2.05, 4.69) is 26.0 Å². The lowest BCUT2D eigenvalue weighted by molar-refractivity contribution is 0.788. The first kappa shape index (κ1) is 8.01. The molecule has 2 heterocycles. The van der Waals surface area contributed by atoms with E-state index in [1.54, 1.807) is 16.9 Å². The van der Waals surface area contributed by atoms with Gasteiger partial charge in [0.25, 0.3) is 0 Å². The molecule has 0 fully saturated rings. The third kappa shape index (κ3) is 1.11. The number of hydrogen-bond acceptors (Lipinski definition) is 2. The number of fused-ring (bicyclic) bond motifs is 1. The highest BCUT2D eigenvalue weighted by molar-refractivity contribution is 9.10. The molecule has 0 saturated heterocycles. The summed E-state index contributed by atoms with van der Waals surface area (Å²) in [6.07, 6.45) is 1.70. The summed E-state index contributed by atoms with van der Waals surface area (Å²) in [5.74, 6) is 0. The third-order valence-corrected chi connectivity index (χ3v) is 2.45. The lowest BCUT2D eigenvalue weighted by atomic mass is 10.3. The van der Waals surface area contributed by atoms with Gasteiger partial charge in [0, 0.05) is 19.3 Å². The van der Waals surface area contributed by atoms with E-state index in [-0.39, 0.29) is 0 Å². The van der Waals surface area contributed by atoms with Crippen LogP contribution in [0.15, 0.2) is 16.9 Å². The maximum atomic E-state index is 5.73. The van der Waals surface area contributed by atoms with Crippen molar-refractivity contribution in [2.24, 2.45) is 7.05 Å². The molecule has 0 aliphatic carbocycles. The highest BCUT2D eigenvalue weighted by Crippen LogP contribution is 2.23. The Morgan fingerprint density at radius 2 is 2.33 bits per heavy atom. The summed E-state index contributed by atoms with van der Waals surface area (Å²) in [6, 6.07) is 1.79. The Bertz CT molecular complexity index is 437. The Morgan fingerprint density at radius 3 is 3.08 bits per heavy atom. The number of aryl methyl sites for hydroxylation is 1. The molecule has 0 atom stereocenters. The van der Waals surface area contributed by atoms with Gasteiger partial charge in [0.05, 0.1) is 10.9 Å². The highest BCUT2D eigenvalue weighted by Gasteiger charge is 2.05. The summed E-state index contributed by atoms with van der Waals surface area (Å²) in [6.45, 7) is 0. The van der Waals surface area contributed by atoms with Gasteiger partial charge in [-0.05, 0) is 15.9 Å². The molecule has 0 aliphatic heterocycles. The Labute approximate surface area is 82.5 Å². The summed E-state index contributed by atoms with van der Waals surface area (Å²) in [5, 5.41) is 5.62. The molecular weight excluding hydrogens is 241 g/mol. The highest BCUT2D eigenvalue weighted by atomic mass is 79.9. The quantitative estimate of drug-likeness (QED) is 0.668. The van der Waals surface area contributed by atoms with Gasteiger partial charge in [-0.1, -0.05) is 11.6 Å². The van der Waals surface area contributed by atoms with Gasteiger partial charge < -0.3 is 0 Å². The second kappa shape index (κ2) is 2.71. The molecule has 12 heavy (non-hydrogen) atoms. The lowest BCUT2D eigenvalue weighted by Crippen LogP contribution is -1.88. The Balaban J connectivity index is 2.90. The molecule has 0 spiro atoms. The van der Waals surface area contributed by atoms with Gasteiger partial charge in [-0.15, -0.1) is 0 Å². The number of hydrogen-bond donors (Lipinski definition) is 0. The Hall–Kier alpha value is -0.610. The standard InChI is InChI=1S/C7H5BrClN3/c1-12-5-2-6(9)10-3-4(5)7(8)11-12/h2-3H,1H3. The fourth-order valence-corrected chi connectivity index (χ4v) is 1.78. The molecule has 0 aromatic carbocycles. The topological polar surface area (TPSA) is 30.7 Å². The zero-order chi connectivity index (χ0) is 8.72. The first-order valence-electron chi connectivity index (χ1n) is 3.32. The summed E-state index contributed by atoms with van der Waals surface area (Å²) < 4.78 is 2.55. The molecule has 0 N–H and O–H groups in total. The fourth-order valence-electron chi connectivity index (χ4n) is 1.09. The first-order valence-corrected chi connectivity index (χ1v) is 4.49. The van der Waals surface area contributed by atoms with Crippen LogP contribution in [-0.4, -0.2) is 14.8 Å².